The number of aromatic nitrogens is 1. The molecule has 0 unspecified atom stereocenters. The maximum Gasteiger partial charge on any atom is 0.239 e. The van der Waals surface area contributed by atoms with Gasteiger partial charge in [-0.05, 0) is 56.3 Å². The van der Waals surface area contributed by atoms with Crippen LogP contribution >= 0.6 is 23.1 Å². The van der Waals surface area contributed by atoms with Crippen molar-refractivity contribution in [1.29, 1.82) is 0 Å². The van der Waals surface area contributed by atoms with Crippen molar-refractivity contribution >= 4 is 44.4 Å². The van der Waals surface area contributed by atoms with Crippen LogP contribution in [0.2, 0.25) is 0 Å². The van der Waals surface area contributed by atoms with Crippen LogP contribution in [0.15, 0.2) is 70.2 Å². The van der Waals surface area contributed by atoms with Gasteiger partial charge in [0.25, 0.3) is 0 Å². The van der Waals surface area contributed by atoms with Gasteiger partial charge in [0.2, 0.25) is 5.91 Å². The molecule has 2 aromatic carbocycles. The molecular formula is C23H22N2O3S2. The summed E-state index contributed by atoms with van der Waals surface area (Å²) in [5.41, 5.74) is 2.05. The number of hydrogen-bond donors (Lipinski definition) is 0. The Morgan fingerprint density at radius 3 is 2.77 bits per heavy atom. The van der Waals surface area contributed by atoms with E-state index in [1.54, 1.807) is 11.2 Å². The standard InChI is InChI=1S/C23H22N2O3S2/c1-3-27-17-8-11-20-21(13-17)30-23(24-20)25(14-18-5-4-12-28-18)22(26)15-29-19-9-6-16(2)7-10-19/h4-13H,3,14-15H2,1-2H3. The molecule has 0 aliphatic carbocycles. The van der Waals surface area contributed by atoms with E-state index in [1.165, 1.54) is 28.7 Å². The van der Waals surface area contributed by atoms with E-state index in [4.69, 9.17) is 14.1 Å². The highest BCUT2D eigenvalue weighted by Crippen LogP contribution is 2.33. The summed E-state index contributed by atoms with van der Waals surface area (Å²) in [6.07, 6.45) is 1.62. The molecule has 0 aliphatic heterocycles. The molecule has 7 heteroatoms. The molecule has 0 aliphatic rings. The third-order valence-corrected chi connectivity index (χ3v) is 6.51. The van der Waals surface area contributed by atoms with E-state index in [2.05, 4.69) is 19.1 Å². The maximum absolute atomic E-state index is 13.2. The second kappa shape index (κ2) is 9.36. The molecule has 4 rings (SSSR count). The van der Waals surface area contributed by atoms with Crippen molar-refractivity contribution in [3.05, 3.63) is 72.2 Å². The number of aryl methyl sites for hydroxylation is 1. The van der Waals surface area contributed by atoms with Crippen molar-refractivity contribution < 1.29 is 13.9 Å². The Morgan fingerprint density at radius 1 is 1.20 bits per heavy atom. The lowest BCUT2D eigenvalue weighted by molar-refractivity contribution is -0.116. The zero-order valence-corrected chi connectivity index (χ0v) is 18.5. The number of amides is 1. The van der Waals surface area contributed by atoms with Gasteiger partial charge in [-0.3, -0.25) is 9.69 Å². The van der Waals surface area contributed by atoms with E-state index >= 15 is 0 Å². The second-order valence-electron chi connectivity index (χ2n) is 6.72. The summed E-state index contributed by atoms with van der Waals surface area (Å²) in [4.78, 5) is 20.6. The van der Waals surface area contributed by atoms with Crippen molar-refractivity contribution in [3.63, 3.8) is 0 Å². The van der Waals surface area contributed by atoms with Crippen molar-refractivity contribution in [2.75, 3.05) is 17.3 Å². The number of fused-ring (bicyclic) bond motifs is 1. The molecule has 0 fully saturated rings. The van der Waals surface area contributed by atoms with Gasteiger partial charge in [-0.2, -0.15) is 0 Å². The second-order valence-corrected chi connectivity index (χ2v) is 8.78. The van der Waals surface area contributed by atoms with Gasteiger partial charge in [-0.1, -0.05) is 29.0 Å². The van der Waals surface area contributed by atoms with Crippen LogP contribution in [-0.2, 0) is 11.3 Å². The minimum Gasteiger partial charge on any atom is -0.494 e. The number of ether oxygens (including phenoxy) is 1. The van der Waals surface area contributed by atoms with Gasteiger partial charge in [-0.25, -0.2) is 4.98 Å². The van der Waals surface area contributed by atoms with Crippen molar-refractivity contribution in [1.82, 2.24) is 4.98 Å². The summed E-state index contributed by atoms with van der Waals surface area (Å²) in [6, 6.07) is 17.7. The van der Waals surface area contributed by atoms with Crippen LogP contribution in [0.25, 0.3) is 10.2 Å². The van der Waals surface area contributed by atoms with Crippen molar-refractivity contribution in [2.24, 2.45) is 0 Å². The van der Waals surface area contributed by atoms with Crippen LogP contribution in [0.1, 0.15) is 18.2 Å². The Balaban J connectivity index is 1.58. The molecule has 154 valence electrons. The smallest absolute Gasteiger partial charge is 0.239 e. The van der Waals surface area contributed by atoms with E-state index in [-0.39, 0.29) is 5.91 Å². The molecular weight excluding hydrogens is 416 g/mol. The monoisotopic (exact) mass is 438 g/mol. The fraction of sp³-hybridized carbons (Fsp3) is 0.217. The lowest BCUT2D eigenvalue weighted by atomic mass is 10.2. The minimum absolute atomic E-state index is 0.0129. The first kappa shape index (κ1) is 20.5. The van der Waals surface area contributed by atoms with Crippen LogP contribution in [0, 0.1) is 6.92 Å². The van der Waals surface area contributed by atoms with Crippen molar-refractivity contribution in [3.8, 4) is 5.75 Å². The summed E-state index contributed by atoms with van der Waals surface area (Å²) in [6.45, 7) is 4.96. The SMILES string of the molecule is CCOc1ccc2nc(N(Cc3ccco3)C(=O)CSc3ccc(C)cc3)sc2c1. The highest BCUT2D eigenvalue weighted by Gasteiger charge is 2.21. The normalized spacial score (nSPS) is 11.0. The molecule has 0 atom stereocenters. The average molecular weight is 439 g/mol. The molecule has 0 radical (unpaired) electrons. The minimum atomic E-state index is -0.0129. The Kier molecular flexibility index (Phi) is 6.40. The van der Waals surface area contributed by atoms with Crippen LogP contribution in [0.3, 0.4) is 0 Å². The first-order valence-corrected chi connectivity index (χ1v) is 11.5. The summed E-state index contributed by atoms with van der Waals surface area (Å²) < 4.78 is 12.1. The summed E-state index contributed by atoms with van der Waals surface area (Å²) in [5, 5.41) is 0.657. The fourth-order valence-electron chi connectivity index (χ4n) is 2.94. The van der Waals surface area contributed by atoms with E-state index in [0.717, 1.165) is 26.6 Å². The molecule has 2 heterocycles. The Bertz CT molecular complexity index is 1120. The Morgan fingerprint density at radius 2 is 2.03 bits per heavy atom. The number of carbonyl (C=O) groups is 1. The van der Waals surface area contributed by atoms with Gasteiger partial charge in [0.15, 0.2) is 5.13 Å². The quantitative estimate of drug-likeness (QED) is 0.320. The van der Waals surface area contributed by atoms with Crippen LogP contribution in [0.5, 0.6) is 5.75 Å². The third kappa shape index (κ3) is 4.86. The van der Waals surface area contributed by atoms with E-state index < -0.39 is 0 Å². The molecule has 0 bridgehead atoms. The first-order valence-electron chi connectivity index (χ1n) is 9.68. The predicted octanol–water partition coefficient (Wildman–Crippen LogP) is 5.92. The Labute approximate surface area is 183 Å². The molecule has 5 nitrogen and oxygen atoms in total. The summed E-state index contributed by atoms with van der Waals surface area (Å²) >= 11 is 3.01. The number of nitrogens with zero attached hydrogens (tertiary/aromatic N) is 2. The number of anilines is 1. The number of rotatable bonds is 8. The molecule has 0 saturated heterocycles. The van der Waals surface area contributed by atoms with Gasteiger partial charge >= 0.3 is 0 Å². The van der Waals surface area contributed by atoms with Gasteiger partial charge in [0.1, 0.15) is 11.5 Å². The molecule has 4 aromatic rings. The van der Waals surface area contributed by atoms with Crippen LogP contribution < -0.4 is 9.64 Å². The number of furan rings is 1. The van der Waals surface area contributed by atoms with Gasteiger partial charge in [0.05, 0.1) is 35.4 Å². The zero-order chi connectivity index (χ0) is 20.9. The van der Waals surface area contributed by atoms with E-state index in [0.29, 0.717) is 24.0 Å². The average Bonchev–Trinajstić information content (AvgIpc) is 3.41. The number of carbonyl (C=O) groups excluding carboxylic acids is 1. The zero-order valence-electron chi connectivity index (χ0n) is 16.8. The lowest BCUT2D eigenvalue weighted by Crippen LogP contribution is -2.31. The van der Waals surface area contributed by atoms with Gasteiger partial charge < -0.3 is 9.15 Å². The van der Waals surface area contributed by atoms with E-state index in [9.17, 15) is 4.79 Å². The largest absolute Gasteiger partial charge is 0.494 e. The number of thiazole rings is 1. The van der Waals surface area contributed by atoms with Gasteiger partial charge in [0, 0.05) is 4.90 Å². The third-order valence-electron chi connectivity index (χ3n) is 4.47. The molecule has 0 saturated carbocycles. The van der Waals surface area contributed by atoms with Crippen LogP contribution in [-0.4, -0.2) is 23.3 Å². The fourth-order valence-corrected chi connectivity index (χ4v) is 4.73. The van der Waals surface area contributed by atoms with Crippen molar-refractivity contribution in [2.45, 2.75) is 25.3 Å². The predicted molar refractivity (Wildman–Crippen MR) is 123 cm³/mol. The number of hydrogen-bond acceptors (Lipinski definition) is 6. The first-order chi connectivity index (χ1) is 14.6. The van der Waals surface area contributed by atoms with Crippen LogP contribution in [0.4, 0.5) is 5.13 Å². The molecule has 2 aromatic heterocycles. The molecule has 1 amide bonds. The molecule has 0 spiro atoms. The number of thioether (sulfide) groups is 1. The highest BCUT2D eigenvalue weighted by molar-refractivity contribution is 8.00. The molecule has 30 heavy (non-hydrogen) atoms. The van der Waals surface area contributed by atoms with E-state index in [1.807, 2.05) is 49.4 Å². The highest BCUT2D eigenvalue weighted by atomic mass is 32.2. The Hall–Kier alpha value is -2.77. The topological polar surface area (TPSA) is 55.6 Å². The number of benzene rings is 2. The maximum atomic E-state index is 13.2. The molecule has 0 N–H and O–H groups in total. The van der Waals surface area contributed by atoms with Gasteiger partial charge in [-0.15, -0.1) is 11.8 Å². The summed E-state index contributed by atoms with van der Waals surface area (Å²) in [5.74, 6) is 1.84. The summed E-state index contributed by atoms with van der Waals surface area (Å²) in [7, 11) is 0. The lowest BCUT2D eigenvalue weighted by Gasteiger charge is -2.18.